The lowest BCUT2D eigenvalue weighted by molar-refractivity contribution is -0.119. The van der Waals surface area contributed by atoms with Crippen molar-refractivity contribution in [2.45, 2.75) is 19.3 Å². The highest BCUT2D eigenvalue weighted by Gasteiger charge is 2.18. The molecule has 6 heteroatoms. The minimum absolute atomic E-state index is 0.0255. The second-order valence-corrected chi connectivity index (χ2v) is 5.09. The summed E-state index contributed by atoms with van der Waals surface area (Å²) in [6.45, 7) is 0. The highest BCUT2D eigenvalue weighted by atomic mass is 16.3. The number of amides is 2. The SMILES string of the molecule is NC(=O)CCCC(=O)N(c1cccc(O)c1)c1cccc(O)c1. The topological polar surface area (TPSA) is 104 Å². The van der Waals surface area contributed by atoms with Crippen LogP contribution in [-0.4, -0.2) is 22.0 Å². The van der Waals surface area contributed by atoms with Gasteiger partial charge in [0.15, 0.2) is 0 Å². The first kappa shape index (κ1) is 16.4. The number of rotatable bonds is 6. The molecule has 6 nitrogen and oxygen atoms in total. The van der Waals surface area contributed by atoms with Crippen LogP contribution in [0.5, 0.6) is 11.5 Å². The zero-order chi connectivity index (χ0) is 16.8. The van der Waals surface area contributed by atoms with Crippen molar-refractivity contribution < 1.29 is 19.8 Å². The minimum Gasteiger partial charge on any atom is -0.508 e. The maximum absolute atomic E-state index is 12.6. The molecule has 2 aromatic carbocycles. The van der Waals surface area contributed by atoms with E-state index in [2.05, 4.69) is 0 Å². The Morgan fingerprint density at radius 2 is 1.43 bits per heavy atom. The maximum atomic E-state index is 12.6. The second kappa shape index (κ2) is 7.31. The fraction of sp³-hybridized carbons (Fsp3) is 0.176. The van der Waals surface area contributed by atoms with Crippen LogP contribution in [0.3, 0.4) is 0 Å². The summed E-state index contributed by atoms with van der Waals surface area (Å²) < 4.78 is 0. The van der Waals surface area contributed by atoms with Crippen molar-refractivity contribution in [1.82, 2.24) is 0 Å². The first-order valence-electron chi connectivity index (χ1n) is 7.16. The Morgan fingerprint density at radius 3 is 1.87 bits per heavy atom. The lowest BCUT2D eigenvalue weighted by Crippen LogP contribution is -2.26. The Bertz CT molecular complexity index is 670. The predicted molar refractivity (Wildman–Crippen MR) is 86.4 cm³/mol. The van der Waals surface area contributed by atoms with E-state index in [-0.39, 0.29) is 30.2 Å². The molecular formula is C17H18N2O4. The number of nitrogens with zero attached hydrogens (tertiary/aromatic N) is 1. The third-order valence-corrected chi connectivity index (χ3v) is 3.24. The van der Waals surface area contributed by atoms with Gasteiger partial charge in [0.25, 0.3) is 0 Å². The van der Waals surface area contributed by atoms with Crippen LogP contribution >= 0.6 is 0 Å². The van der Waals surface area contributed by atoms with Crippen molar-refractivity contribution in [2.75, 3.05) is 4.90 Å². The molecule has 2 rings (SSSR count). The molecule has 23 heavy (non-hydrogen) atoms. The molecule has 0 saturated heterocycles. The Hall–Kier alpha value is -3.02. The Labute approximate surface area is 133 Å². The van der Waals surface area contributed by atoms with E-state index in [1.807, 2.05) is 0 Å². The molecular weight excluding hydrogens is 296 g/mol. The van der Waals surface area contributed by atoms with E-state index in [1.165, 1.54) is 29.2 Å². The van der Waals surface area contributed by atoms with E-state index in [9.17, 15) is 19.8 Å². The number of carbonyl (C=O) groups excluding carboxylic acids is 2. The van der Waals surface area contributed by atoms with Crippen LogP contribution in [0.4, 0.5) is 11.4 Å². The normalized spacial score (nSPS) is 10.3. The van der Waals surface area contributed by atoms with Crippen LogP contribution in [0.15, 0.2) is 48.5 Å². The Morgan fingerprint density at radius 1 is 0.913 bits per heavy atom. The van der Waals surface area contributed by atoms with Gasteiger partial charge in [0.2, 0.25) is 11.8 Å². The van der Waals surface area contributed by atoms with Crippen molar-refractivity contribution >= 4 is 23.2 Å². The molecule has 0 radical (unpaired) electrons. The third-order valence-electron chi connectivity index (χ3n) is 3.24. The van der Waals surface area contributed by atoms with Gasteiger partial charge < -0.3 is 15.9 Å². The summed E-state index contributed by atoms with van der Waals surface area (Å²) in [6, 6.07) is 12.5. The molecule has 0 aromatic heterocycles. The molecule has 2 amide bonds. The zero-order valence-electron chi connectivity index (χ0n) is 12.5. The summed E-state index contributed by atoms with van der Waals surface area (Å²) in [5, 5.41) is 19.3. The van der Waals surface area contributed by atoms with Gasteiger partial charge in [0.05, 0.1) is 11.4 Å². The second-order valence-electron chi connectivity index (χ2n) is 5.09. The molecule has 0 saturated carbocycles. The number of aromatic hydroxyl groups is 2. The first-order valence-corrected chi connectivity index (χ1v) is 7.16. The predicted octanol–water partition coefficient (Wildman–Crippen LogP) is 2.42. The van der Waals surface area contributed by atoms with Gasteiger partial charge in [0, 0.05) is 25.0 Å². The van der Waals surface area contributed by atoms with Gasteiger partial charge in [-0.3, -0.25) is 14.5 Å². The minimum atomic E-state index is -0.459. The Kier molecular flexibility index (Phi) is 5.19. The van der Waals surface area contributed by atoms with Crippen LogP contribution in [0, 0.1) is 0 Å². The fourth-order valence-corrected chi connectivity index (χ4v) is 2.23. The largest absolute Gasteiger partial charge is 0.508 e. The number of phenols is 2. The summed E-state index contributed by atoms with van der Waals surface area (Å²) in [6.07, 6.45) is 0.580. The molecule has 120 valence electrons. The van der Waals surface area contributed by atoms with Gasteiger partial charge in [-0.05, 0) is 30.7 Å². The number of carbonyl (C=O) groups is 2. The molecule has 4 N–H and O–H groups in total. The molecule has 0 aliphatic rings. The van der Waals surface area contributed by atoms with Crippen molar-refractivity contribution in [2.24, 2.45) is 5.73 Å². The van der Waals surface area contributed by atoms with Crippen LogP contribution in [0.25, 0.3) is 0 Å². The van der Waals surface area contributed by atoms with Gasteiger partial charge in [-0.25, -0.2) is 0 Å². The van der Waals surface area contributed by atoms with Crippen LogP contribution in [-0.2, 0) is 9.59 Å². The van der Waals surface area contributed by atoms with E-state index in [1.54, 1.807) is 24.3 Å². The molecule has 0 fully saturated rings. The first-order chi connectivity index (χ1) is 11.0. The molecule has 0 unspecified atom stereocenters. The maximum Gasteiger partial charge on any atom is 0.231 e. The van der Waals surface area contributed by atoms with Crippen LogP contribution < -0.4 is 10.6 Å². The van der Waals surface area contributed by atoms with E-state index >= 15 is 0 Å². The molecule has 0 heterocycles. The van der Waals surface area contributed by atoms with Gasteiger partial charge in [-0.15, -0.1) is 0 Å². The number of hydrogen-bond donors (Lipinski definition) is 3. The number of nitrogens with two attached hydrogens (primary N) is 1. The Balaban J connectivity index is 2.31. The number of anilines is 2. The zero-order valence-corrected chi connectivity index (χ0v) is 12.5. The number of phenolic OH excluding ortho intramolecular Hbond substituents is 2. The smallest absolute Gasteiger partial charge is 0.231 e. The molecule has 0 bridgehead atoms. The summed E-state index contributed by atoms with van der Waals surface area (Å²) in [5.41, 5.74) is 6.03. The lowest BCUT2D eigenvalue weighted by atomic mass is 10.1. The van der Waals surface area contributed by atoms with Crippen molar-refractivity contribution in [3.05, 3.63) is 48.5 Å². The summed E-state index contributed by atoms with van der Waals surface area (Å²) in [7, 11) is 0. The van der Waals surface area contributed by atoms with E-state index in [0.29, 0.717) is 17.8 Å². The van der Waals surface area contributed by atoms with E-state index < -0.39 is 5.91 Å². The van der Waals surface area contributed by atoms with Crippen LogP contribution in [0.1, 0.15) is 19.3 Å². The average Bonchev–Trinajstić information content (AvgIpc) is 2.47. The van der Waals surface area contributed by atoms with Crippen LogP contribution in [0.2, 0.25) is 0 Å². The van der Waals surface area contributed by atoms with E-state index in [4.69, 9.17) is 5.73 Å². The van der Waals surface area contributed by atoms with Gasteiger partial charge in [-0.1, -0.05) is 12.1 Å². The molecule has 2 aromatic rings. The van der Waals surface area contributed by atoms with Gasteiger partial charge in [-0.2, -0.15) is 0 Å². The summed E-state index contributed by atoms with van der Waals surface area (Å²) >= 11 is 0. The van der Waals surface area contributed by atoms with Crippen molar-refractivity contribution in [3.63, 3.8) is 0 Å². The monoisotopic (exact) mass is 314 g/mol. The summed E-state index contributed by atoms with van der Waals surface area (Å²) in [4.78, 5) is 24.8. The molecule has 0 spiro atoms. The summed E-state index contributed by atoms with van der Waals surface area (Å²) in [5.74, 6) is -0.670. The van der Waals surface area contributed by atoms with E-state index in [0.717, 1.165) is 0 Å². The number of primary amides is 1. The average molecular weight is 314 g/mol. The standard InChI is InChI=1S/C17H18N2O4/c18-16(22)8-3-9-17(23)19(12-4-1-6-14(20)10-12)13-5-2-7-15(21)11-13/h1-2,4-7,10-11,20-21H,3,8-9H2,(H2,18,22). The molecule has 0 atom stereocenters. The highest BCUT2D eigenvalue weighted by molar-refractivity contribution is 6.00. The molecule has 0 aliphatic carbocycles. The van der Waals surface area contributed by atoms with Crippen molar-refractivity contribution in [3.8, 4) is 11.5 Å². The number of hydrogen-bond acceptors (Lipinski definition) is 4. The van der Waals surface area contributed by atoms with Gasteiger partial charge in [0.1, 0.15) is 11.5 Å². The molecule has 0 aliphatic heterocycles. The fourth-order valence-electron chi connectivity index (χ4n) is 2.23. The quantitative estimate of drug-likeness (QED) is 0.761. The van der Waals surface area contributed by atoms with Crippen molar-refractivity contribution in [1.29, 1.82) is 0 Å². The highest BCUT2D eigenvalue weighted by Crippen LogP contribution is 2.31. The number of benzene rings is 2. The van der Waals surface area contributed by atoms with Gasteiger partial charge >= 0.3 is 0 Å². The third kappa shape index (κ3) is 4.47. The lowest BCUT2D eigenvalue weighted by Gasteiger charge is -2.23.